The number of nitrogens with zero attached hydrogens (tertiary/aromatic N) is 3. The first kappa shape index (κ1) is 12.7. The Kier molecular flexibility index (Phi) is 4.01. The van der Waals surface area contributed by atoms with Crippen LogP contribution < -0.4 is 16.2 Å². The predicted molar refractivity (Wildman–Crippen MR) is 76.1 cm³/mol. The summed E-state index contributed by atoms with van der Waals surface area (Å²) < 4.78 is 0. The zero-order chi connectivity index (χ0) is 13.0. The van der Waals surface area contributed by atoms with E-state index in [4.69, 9.17) is 5.84 Å². The smallest absolute Gasteiger partial charge is 0.191 e. The number of nitrogens with two attached hydrogens (primary N) is 1. The zero-order valence-electron chi connectivity index (χ0n) is 10.3. The Morgan fingerprint density at radius 1 is 1.22 bits per heavy atom. The molecule has 0 saturated carbocycles. The lowest BCUT2D eigenvalue weighted by atomic mass is 10.3. The van der Waals surface area contributed by atoms with Gasteiger partial charge in [0.2, 0.25) is 0 Å². The summed E-state index contributed by atoms with van der Waals surface area (Å²) in [5.41, 5.74) is 3.62. The summed E-state index contributed by atoms with van der Waals surface area (Å²) in [4.78, 5) is 10.7. The SMILES string of the molecule is CSc1nc(NN)cc(N(C)c2ccccc2)n1. The van der Waals surface area contributed by atoms with Gasteiger partial charge < -0.3 is 10.3 Å². The number of hydrogen-bond acceptors (Lipinski definition) is 6. The summed E-state index contributed by atoms with van der Waals surface area (Å²) in [6.07, 6.45) is 1.93. The van der Waals surface area contributed by atoms with Crippen LogP contribution in [0.1, 0.15) is 0 Å². The summed E-state index contributed by atoms with van der Waals surface area (Å²) >= 11 is 1.48. The van der Waals surface area contributed by atoms with Crippen molar-refractivity contribution < 1.29 is 0 Å². The second-order valence-electron chi connectivity index (χ2n) is 3.64. The van der Waals surface area contributed by atoms with Gasteiger partial charge in [-0.25, -0.2) is 15.8 Å². The molecular formula is C12H15N5S. The van der Waals surface area contributed by atoms with Crippen molar-refractivity contribution in [1.82, 2.24) is 9.97 Å². The molecule has 1 aromatic carbocycles. The molecule has 0 aliphatic carbocycles. The lowest BCUT2D eigenvalue weighted by Crippen LogP contribution is -2.15. The van der Waals surface area contributed by atoms with Crippen LogP contribution in [-0.4, -0.2) is 23.3 Å². The molecule has 2 aromatic rings. The number of benzene rings is 1. The molecule has 5 nitrogen and oxygen atoms in total. The number of hydrogen-bond donors (Lipinski definition) is 2. The number of nitrogen functional groups attached to an aromatic ring is 1. The molecule has 0 bridgehead atoms. The minimum absolute atomic E-state index is 0.604. The summed E-state index contributed by atoms with van der Waals surface area (Å²) in [7, 11) is 1.96. The van der Waals surface area contributed by atoms with E-state index in [0.717, 1.165) is 11.5 Å². The Morgan fingerprint density at radius 3 is 2.56 bits per heavy atom. The summed E-state index contributed by atoms with van der Waals surface area (Å²) in [6, 6.07) is 11.8. The second-order valence-corrected chi connectivity index (χ2v) is 4.41. The molecule has 0 unspecified atom stereocenters. The standard InChI is InChI=1S/C12H15N5S/c1-17(9-6-4-3-5-7-9)11-8-10(16-13)14-12(15-11)18-2/h3-8H,13H2,1-2H3,(H,14,15,16). The molecule has 0 atom stereocenters. The van der Waals surface area contributed by atoms with Crippen LogP contribution in [0.3, 0.4) is 0 Å². The minimum Gasteiger partial charge on any atom is -0.329 e. The summed E-state index contributed by atoms with van der Waals surface area (Å²) in [6.45, 7) is 0. The quantitative estimate of drug-likeness (QED) is 0.381. The number of hydrazine groups is 1. The second kappa shape index (κ2) is 5.70. The van der Waals surface area contributed by atoms with E-state index in [1.54, 1.807) is 0 Å². The molecule has 0 radical (unpaired) electrons. The molecular weight excluding hydrogens is 246 g/mol. The van der Waals surface area contributed by atoms with Crippen LogP contribution in [0.25, 0.3) is 0 Å². The average Bonchev–Trinajstić information content (AvgIpc) is 2.46. The van der Waals surface area contributed by atoms with Gasteiger partial charge in [-0.1, -0.05) is 30.0 Å². The van der Waals surface area contributed by atoms with Crippen LogP contribution in [0.15, 0.2) is 41.6 Å². The van der Waals surface area contributed by atoms with E-state index in [1.807, 2.05) is 54.6 Å². The normalized spacial score (nSPS) is 10.2. The topological polar surface area (TPSA) is 67.1 Å². The highest BCUT2D eigenvalue weighted by Crippen LogP contribution is 2.24. The molecule has 6 heteroatoms. The molecule has 0 fully saturated rings. The third-order valence-corrected chi connectivity index (χ3v) is 3.06. The molecule has 18 heavy (non-hydrogen) atoms. The number of thioether (sulfide) groups is 1. The van der Waals surface area contributed by atoms with Crippen molar-refractivity contribution in [2.75, 3.05) is 23.6 Å². The van der Waals surface area contributed by atoms with Gasteiger partial charge in [-0.05, 0) is 18.4 Å². The van der Waals surface area contributed by atoms with Crippen LogP contribution in [0, 0.1) is 0 Å². The largest absolute Gasteiger partial charge is 0.329 e. The van der Waals surface area contributed by atoms with Crippen molar-refractivity contribution in [1.29, 1.82) is 0 Å². The molecule has 0 saturated heterocycles. The molecule has 3 N–H and O–H groups in total. The third-order valence-electron chi connectivity index (χ3n) is 2.51. The first-order valence-corrected chi connectivity index (χ1v) is 6.65. The molecule has 0 aliphatic rings. The van der Waals surface area contributed by atoms with Gasteiger partial charge in [0, 0.05) is 18.8 Å². The Hall–Kier alpha value is -1.79. The fourth-order valence-corrected chi connectivity index (χ4v) is 1.91. The molecule has 94 valence electrons. The molecule has 1 aromatic heterocycles. The third kappa shape index (κ3) is 2.72. The van der Waals surface area contributed by atoms with Crippen molar-refractivity contribution in [2.45, 2.75) is 5.16 Å². The monoisotopic (exact) mass is 261 g/mol. The molecule has 0 spiro atoms. The van der Waals surface area contributed by atoms with E-state index >= 15 is 0 Å². The first-order valence-electron chi connectivity index (χ1n) is 5.43. The van der Waals surface area contributed by atoms with Gasteiger partial charge in [0.25, 0.3) is 0 Å². The number of aromatic nitrogens is 2. The fourth-order valence-electron chi connectivity index (χ4n) is 1.53. The van der Waals surface area contributed by atoms with Crippen molar-refractivity contribution in [3.05, 3.63) is 36.4 Å². The van der Waals surface area contributed by atoms with Gasteiger partial charge in [-0.3, -0.25) is 0 Å². The van der Waals surface area contributed by atoms with Crippen molar-refractivity contribution >= 4 is 29.1 Å². The van der Waals surface area contributed by atoms with Crippen LogP contribution in [0.4, 0.5) is 17.3 Å². The minimum atomic E-state index is 0.604. The van der Waals surface area contributed by atoms with Crippen LogP contribution in [-0.2, 0) is 0 Å². The van der Waals surface area contributed by atoms with Gasteiger partial charge in [0.1, 0.15) is 11.6 Å². The Labute approximate surface area is 110 Å². The van der Waals surface area contributed by atoms with Crippen molar-refractivity contribution in [3.63, 3.8) is 0 Å². The molecule has 2 rings (SSSR count). The maximum absolute atomic E-state index is 5.41. The Balaban J connectivity index is 2.38. The van der Waals surface area contributed by atoms with Gasteiger partial charge in [0.15, 0.2) is 5.16 Å². The molecule has 0 aliphatic heterocycles. The van der Waals surface area contributed by atoms with E-state index in [2.05, 4.69) is 15.4 Å². The fraction of sp³-hybridized carbons (Fsp3) is 0.167. The van der Waals surface area contributed by atoms with Crippen LogP contribution in [0.2, 0.25) is 0 Å². The number of rotatable bonds is 4. The zero-order valence-corrected chi connectivity index (χ0v) is 11.1. The maximum atomic E-state index is 5.41. The predicted octanol–water partition coefficient (Wildman–Crippen LogP) is 2.25. The lowest BCUT2D eigenvalue weighted by molar-refractivity contribution is 0.943. The van der Waals surface area contributed by atoms with Gasteiger partial charge in [-0.2, -0.15) is 0 Å². The van der Waals surface area contributed by atoms with Crippen molar-refractivity contribution in [3.8, 4) is 0 Å². The van der Waals surface area contributed by atoms with Gasteiger partial charge >= 0.3 is 0 Å². The van der Waals surface area contributed by atoms with E-state index in [9.17, 15) is 0 Å². The number of para-hydroxylation sites is 1. The maximum Gasteiger partial charge on any atom is 0.191 e. The van der Waals surface area contributed by atoms with Crippen LogP contribution >= 0.6 is 11.8 Å². The summed E-state index contributed by atoms with van der Waals surface area (Å²) in [5.74, 6) is 6.82. The van der Waals surface area contributed by atoms with E-state index < -0.39 is 0 Å². The van der Waals surface area contributed by atoms with Gasteiger partial charge in [-0.15, -0.1) is 0 Å². The van der Waals surface area contributed by atoms with Crippen molar-refractivity contribution in [2.24, 2.45) is 5.84 Å². The van der Waals surface area contributed by atoms with Gasteiger partial charge in [0.05, 0.1) is 0 Å². The molecule has 0 amide bonds. The first-order chi connectivity index (χ1) is 8.74. The lowest BCUT2D eigenvalue weighted by Gasteiger charge is -2.19. The van der Waals surface area contributed by atoms with E-state index in [-0.39, 0.29) is 0 Å². The van der Waals surface area contributed by atoms with E-state index in [1.165, 1.54) is 11.8 Å². The highest BCUT2D eigenvalue weighted by atomic mass is 32.2. The highest BCUT2D eigenvalue weighted by molar-refractivity contribution is 7.98. The number of anilines is 3. The number of nitrogens with one attached hydrogen (secondary N) is 1. The average molecular weight is 261 g/mol. The Morgan fingerprint density at radius 2 is 1.94 bits per heavy atom. The highest BCUT2D eigenvalue weighted by Gasteiger charge is 2.09. The van der Waals surface area contributed by atoms with E-state index in [0.29, 0.717) is 11.0 Å². The Bertz CT molecular complexity index is 495. The van der Waals surface area contributed by atoms with Crippen LogP contribution in [0.5, 0.6) is 0 Å². The summed E-state index contributed by atoms with van der Waals surface area (Å²) in [5, 5.41) is 0.684. The molecule has 1 heterocycles.